The van der Waals surface area contributed by atoms with E-state index in [1.54, 1.807) is 13.3 Å². The first-order valence-corrected chi connectivity index (χ1v) is 9.81. The molecule has 0 saturated carbocycles. The van der Waals surface area contributed by atoms with Crippen LogP contribution in [0, 0.1) is 0 Å². The Kier molecular flexibility index (Phi) is 7.35. The van der Waals surface area contributed by atoms with E-state index < -0.39 is 0 Å². The summed E-state index contributed by atoms with van der Waals surface area (Å²) in [6.07, 6.45) is 2.93. The number of furan rings is 1. The Morgan fingerprint density at radius 3 is 2.46 bits per heavy atom. The minimum atomic E-state index is 0.186. The lowest BCUT2D eigenvalue weighted by Crippen LogP contribution is -2.49. The van der Waals surface area contributed by atoms with Gasteiger partial charge in [-0.15, -0.1) is 0 Å². The molecule has 0 atom stereocenters. The number of rotatable bonds is 7. The zero-order valence-corrected chi connectivity index (χ0v) is 16.4. The maximum Gasteiger partial charge on any atom is 0.224 e. The summed E-state index contributed by atoms with van der Waals surface area (Å²) in [5.41, 5.74) is 1.22. The fourth-order valence-electron chi connectivity index (χ4n) is 3.28. The lowest BCUT2D eigenvalue weighted by Gasteiger charge is -2.36. The van der Waals surface area contributed by atoms with Gasteiger partial charge < -0.3 is 24.9 Å². The molecule has 150 valence electrons. The van der Waals surface area contributed by atoms with Gasteiger partial charge in [-0.05, 0) is 24.3 Å². The number of para-hydroxylation sites is 1. The van der Waals surface area contributed by atoms with E-state index in [4.69, 9.17) is 4.42 Å². The predicted molar refractivity (Wildman–Crippen MR) is 112 cm³/mol. The van der Waals surface area contributed by atoms with Crippen LogP contribution >= 0.6 is 0 Å². The van der Waals surface area contributed by atoms with Crippen LogP contribution in [0.1, 0.15) is 12.2 Å². The van der Waals surface area contributed by atoms with Crippen molar-refractivity contribution in [2.24, 2.45) is 4.99 Å². The van der Waals surface area contributed by atoms with Crippen LogP contribution in [0.4, 0.5) is 5.69 Å². The molecule has 1 aliphatic rings. The highest BCUT2D eigenvalue weighted by atomic mass is 16.3. The van der Waals surface area contributed by atoms with Gasteiger partial charge in [-0.1, -0.05) is 18.2 Å². The molecule has 0 aliphatic carbocycles. The zero-order valence-electron chi connectivity index (χ0n) is 16.4. The monoisotopic (exact) mass is 383 g/mol. The first-order valence-electron chi connectivity index (χ1n) is 9.81. The number of hydrogen-bond acceptors (Lipinski definition) is 4. The van der Waals surface area contributed by atoms with Crippen molar-refractivity contribution in [3.05, 3.63) is 54.5 Å². The van der Waals surface area contributed by atoms with Crippen LogP contribution in [0.2, 0.25) is 0 Å². The molecule has 1 aliphatic heterocycles. The Hall–Kier alpha value is -2.96. The van der Waals surface area contributed by atoms with Gasteiger partial charge in [-0.2, -0.15) is 0 Å². The van der Waals surface area contributed by atoms with E-state index >= 15 is 0 Å². The molecule has 1 fully saturated rings. The third kappa shape index (κ3) is 5.77. The average Bonchev–Trinajstić information content (AvgIpc) is 3.27. The molecule has 7 heteroatoms. The summed E-state index contributed by atoms with van der Waals surface area (Å²) >= 11 is 0. The maximum absolute atomic E-state index is 12.5. The Morgan fingerprint density at radius 2 is 1.79 bits per heavy atom. The van der Waals surface area contributed by atoms with Crippen molar-refractivity contribution in [2.45, 2.75) is 12.8 Å². The number of carbonyl (C=O) groups excluding carboxylic acids is 1. The van der Waals surface area contributed by atoms with E-state index in [1.807, 2.05) is 35.2 Å². The first kappa shape index (κ1) is 19.8. The maximum atomic E-state index is 12.5. The van der Waals surface area contributed by atoms with E-state index in [2.05, 4.69) is 32.7 Å². The minimum absolute atomic E-state index is 0.186. The van der Waals surface area contributed by atoms with Crippen LogP contribution in [-0.2, 0) is 11.2 Å². The molecule has 0 bridgehead atoms. The summed E-state index contributed by atoms with van der Waals surface area (Å²) in [5, 5.41) is 6.44. The Bertz CT molecular complexity index is 737. The van der Waals surface area contributed by atoms with Crippen molar-refractivity contribution in [1.82, 2.24) is 15.5 Å². The number of amides is 1. The summed E-state index contributed by atoms with van der Waals surface area (Å²) in [6, 6.07) is 14.2. The molecule has 0 spiro atoms. The molecule has 28 heavy (non-hydrogen) atoms. The predicted octanol–water partition coefficient (Wildman–Crippen LogP) is 1.73. The van der Waals surface area contributed by atoms with Crippen LogP contribution in [0.25, 0.3) is 0 Å². The summed E-state index contributed by atoms with van der Waals surface area (Å²) in [7, 11) is 1.73. The van der Waals surface area contributed by atoms with Crippen molar-refractivity contribution >= 4 is 17.6 Å². The van der Waals surface area contributed by atoms with Gasteiger partial charge in [-0.25, -0.2) is 0 Å². The highest BCUT2D eigenvalue weighted by Gasteiger charge is 2.20. The molecule has 3 rings (SSSR count). The van der Waals surface area contributed by atoms with Gasteiger partial charge in [0.25, 0.3) is 0 Å². The molecule has 1 aromatic carbocycles. The number of hydrogen-bond donors (Lipinski definition) is 2. The number of guanidine groups is 1. The summed E-state index contributed by atoms with van der Waals surface area (Å²) in [5.74, 6) is 1.83. The molecule has 1 amide bonds. The van der Waals surface area contributed by atoms with Crippen LogP contribution in [0.3, 0.4) is 0 Å². The second kappa shape index (κ2) is 10.4. The molecule has 2 N–H and O–H groups in total. The first-order chi connectivity index (χ1) is 13.8. The van der Waals surface area contributed by atoms with Crippen LogP contribution in [-0.4, -0.2) is 63.1 Å². The third-order valence-electron chi connectivity index (χ3n) is 4.85. The molecule has 2 heterocycles. The van der Waals surface area contributed by atoms with Crippen LogP contribution in [0.5, 0.6) is 0 Å². The fraction of sp³-hybridized carbons (Fsp3) is 0.429. The number of anilines is 1. The van der Waals surface area contributed by atoms with E-state index in [0.717, 1.165) is 44.9 Å². The smallest absolute Gasteiger partial charge is 0.224 e. The number of nitrogens with one attached hydrogen (secondary N) is 2. The fourth-order valence-corrected chi connectivity index (χ4v) is 3.28. The number of benzene rings is 1. The SMILES string of the molecule is CN=C(NCCC(=O)N1CCN(c2ccccc2)CC1)NCCc1ccco1. The quantitative estimate of drug-likeness (QED) is 0.563. The summed E-state index contributed by atoms with van der Waals surface area (Å²) < 4.78 is 5.31. The number of nitrogens with zero attached hydrogens (tertiary/aromatic N) is 3. The molecule has 1 saturated heterocycles. The molecular weight excluding hydrogens is 354 g/mol. The molecule has 1 aromatic heterocycles. The van der Waals surface area contributed by atoms with Crippen molar-refractivity contribution in [2.75, 3.05) is 51.2 Å². The molecular formula is C21H29N5O2. The molecule has 7 nitrogen and oxygen atoms in total. The molecule has 2 aromatic rings. The van der Waals surface area contributed by atoms with Gasteiger partial charge in [0.05, 0.1) is 6.26 Å². The Balaban J connectivity index is 1.32. The summed E-state index contributed by atoms with van der Waals surface area (Å²) in [6.45, 7) is 4.58. The van der Waals surface area contributed by atoms with E-state index in [-0.39, 0.29) is 5.91 Å². The van der Waals surface area contributed by atoms with Crippen molar-refractivity contribution < 1.29 is 9.21 Å². The lowest BCUT2D eigenvalue weighted by molar-refractivity contribution is -0.131. The van der Waals surface area contributed by atoms with Crippen LogP contribution < -0.4 is 15.5 Å². The topological polar surface area (TPSA) is 73.1 Å². The van der Waals surface area contributed by atoms with Crippen LogP contribution in [0.15, 0.2) is 58.1 Å². The summed E-state index contributed by atoms with van der Waals surface area (Å²) in [4.78, 5) is 20.9. The molecule has 0 unspecified atom stereocenters. The Morgan fingerprint density at radius 1 is 1.04 bits per heavy atom. The molecule has 0 radical (unpaired) electrons. The third-order valence-corrected chi connectivity index (χ3v) is 4.85. The van der Waals surface area contributed by atoms with E-state index in [1.165, 1.54) is 5.69 Å². The largest absolute Gasteiger partial charge is 0.469 e. The normalized spacial score (nSPS) is 14.8. The van der Waals surface area contributed by atoms with E-state index in [9.17, 15) is 4.79 Å². The number of piperazine rings is 1. The van der Waals surface area contributed by atoms with Crippen molar-refractivity contribution in [1.29, 1.82) is 0 Å². The van der Waals surface area contributed by atoms with Gasteiger partial charge >= 0.3 is 0 Å². The highest BCUT2D eigenvalue weighted by Crippen LogP contribution is 2.15. The van der Waals surface area contributed by atoms with Crippen molar-refractivity contribution in [3.8, 4) is 0 Å². The van der Waals surface area contributed by atoms with Gasteiger partial charge in [0, 0.05) is 64.8 Å². The van der Waals surface area contributed by atoms with E-state index in [0.29, 0.717) is 18.9 Å². The van der Waals surface area contributed by atoms with Gasteiger partial charge in [-0.3, -0.25) is 9.79 Å². The highest BCUT2D eigenvalue weighted by molar-refractivity contribution is 5.81. The number of carbonyl (C=O) groups is 1. The van der Waals surface area contributed by atoms with Gasteiger partial charge in [0.1, 0.15) is 5.76 Å². The minimum Gasteiger partial charge on any atom is -0.469 e. The standard InChI is InChI=1S/C21H29N5O2/c1-22-21(23-11-9-19-8-5-17-28-19)24-12-10-20(27)26-15-13-25(14-16-26)18-6-3-2-4-7-18/h2-8,17H,9-16H2,1H3,(H2,22,23,24). The van der Waals surface area contributed by atoms with Gasteiger partial charge in [0.2, 0.25) is 5.91 Å². The van der Waals surface area contributed by atoms with Crippen molar-refractivity contribution in [3.63, 3.8) is 0 Å². The average molecular weight is 383 g/mol. The van der Waals surface area contributed by atoms with Gasteiger partial charge in [0.15, 0.2) is 5.96 Å². The second-order valence-electron chi connectivity index (χ2n) is 6.71. The lowest BCUT2D eigenvalue weighted by atomic mass is 10.2. The number of aliphatic imine (C=N–C) groups is 1. The second-order valence-corrected chi connectivity index (χ2v) is 6.71. The zero-order chi connectivity index (χ0) is 19.6. The Labute approximate surface area is 166 Å².